The standard InChI is InChI=1S/C26H22F3N7O2/c1-38-22-7-3-16(14-31-22)15-2-5-20-18(12-15)24-23(25(37)32-20)33-34-36(24)21-6-4-17(13-19(21)26(27,28)29)35-10-8-30-9-11-35/h2-7,12-14,30H,8-11H2,1H3,(H,32,37). The van der Waals surface area contributed by atoms with E-state index in [2.05, 4.69) is 25.6 Å². The van der Waals surface area contributed by atoms with Gasteiger partial charge in [-0.3, -0.25) is 4.79 Å². The molecule has 1 fully saturated rings. The number of piperazine rings is 1. The van der Waals surface area contributed by atoms with Gasteiger partial charge in [-0.15, -0.1) is 5.10 Å². The van der Waals surface area contributed by atoms with Crippen LogP contribution in [0.3, 0.4) is 0 Å². The second-order valence-electron chi connectivity index (χ2n) is 8.94. The van der Waals surface area contributed by atoms with Crippen LogP contribution in [0.1, 0.15) is 5.56 Å². The summed E-state index contributed by atoms with van der Waals surface area (Å²) in [5.41, 5.74) is 0.969. The third-order valence-corrected chi connectivity index (χ3v) is 6.68. The maximum Gasteiger partial charge on any atom is 0.418 e. The highest BCUT2D eigenvalue weighted by molar-refractivity contribution is 6.04. The Morgan fingerprint density at radius 1 is 1.00 bits per heavy atom. The molecule has 0 bridgehead atoms. The summed E-state index contributed by atoms with van der Waals surface area (Å²) in [4.78, 5) is 21.7. The summed E-state index contributed by atoms with van der Waals surface area (Å²) in [7, 11) is 1.52. The van der Waals surface area contributed by atoms with Crippen molar-refractivity contribution in [3.05, 3.63) is 70.6 Å². The van der Waals surface area contributed by atoms with Crippen LogP contribution in [0.2, 0.25) is 0 Å². The summed E-state index contributed by atoms with van der Waals surface area (Å²) < 4.78 is 49.3. The molecule has 1 aliphatic rings. The minimum atomic E-state index is -4.66. The zero-order chi connectivity index (χ0) is 26.4. The van der Waals surface area contributed by atoms with E-state index in [9.17, 15) is 18.0 Å². The first-order valence-electron chi connectivity index (χ1n) is 11.9. The molecule has 0 atom stereocenters. The number of benzene rings is 2. The van der Waals surface area contributed by atoms with Gasteiger partial charge >= 0.3 is 6.18 Å². The van der Waals surface area contributed by atoms with Crippen molar-refractivity contribution in [2.24, 2.45) is 0 Å². The van der Waals surface area contributed by atoms with E-state index in [0.717, 1.165) is 21.9 Å². The lowest BCUT2D eigenvalue weighted by atomic mass is 10.0. The van der Waals surface area contributed by atoms with Gasteiger partial charge in [0.1, 0.15) is 5.52 Å². The SMILES string of the molecule is COc1ccc(-c2ccc3[nH]c(=O)c4nnn(-c5ccc(N6CCNCC6)cc5C(F)(F)F)c4c3c2)cn1. The van der Waals surface area contributed by atoms with Crippen molar-refractivity contribution < 1.29 is 17.9 Å². The fourth-order valence-corrected chi connectivity index (χ4v) is 4.78. The second kappa shape index (κ2) is 9.14. The molecule has 0 aliphatic carbocycles. The molecule has 2 N–H and O–H groups in total. The number of pyridine rings is 2. The number of rotatable bonds is 4. The van der Waals surface area contributed by atoms with Crippen LogP contribution in [-0.2, 0) is 6.18 Å². The van der Waals surface area contributed by atoms with Gasteiger partial charge in [0, 0.05) is 55.1 Å². The molecular formula is C26H22F3N7O2. The van der Waals surface area contributed by atoms with E-state index in [4.69, 9.17) is 4.74 Å². The molecule has 1 aliphatic heterocycles. The van der Waals surface area contributed by atoms with Crippen molar-refractivity contribution in [1.29, 1.82) is 0 Å². The van der Waals surface area contributed by atoms with Crippen molar-refractivity contribution in [3.63, 3.8) is 0 Å². The number of hydrogen-bond donors (Lipinski definition) is 2. The highest BCUT2D eigenvalue weighted by Crippen LogP contribution is 2.38. The third-order valence-electron chi connectivity index (χ3n) is 6.68. The van der Waals surface area contributed by atoms with Gasteiger partial charge in [-0.1, -0.05) is 11.3 Å². The Balaban J connectivity index is 1.56. The molecule has 5 aromatic rings. The van der Waals surface area contributed by atoms with Crippen LogP contribution >= 0.6 is 0 Å². The third kappa shape index (κ3) is 4.12. The van der Waals surface area contributed by atoms with Gasteiger partial charge in [0.05, 0.1) is 23.9 Å². The lowest BCUT2D eigenvalue weighted by Crippen LogP contribution is -2.43. The number of aromatic nitrogens is 5. The number of hydrogen-bond acceptors (Lipinski definition) is 7. The zero-order valence-electron chi connectivity index (χ0n) is 20.2. The molecule has 1 saturated heterocycles. The summed E-state index contributed by atoms with van der Waals surface area (Å²) in [5, 5.41) is 11.7. The number of H-pyrrole nitrogens is 1. The normalized spacial score (nSPS) is 14.4. The maximum atomic E-state index is 14.4. The molecule has 0 amide bonds. The van der Waals surface area contributed by atoms with Gasteiger partial charge in [0.2, 0.25) is 5.88 Å². The van der Waals surface area contributed by atoms with Crippen LogP contribution in [0.4, 0.5) is 18.9 Å². The molecule has 194 valence electrons. The van der Waals surface area contributed by atoms with E-state index < -0.39 is 17.3 Å². The first-order valence-corrected chi connectivity index (χ1v) is 11.9. The molecule has 3 aromatic heterocycles. The Morgan fingerprint density at radius 3 is 2.50 bits per heavy atom. The largest absolute Gasteiger partial charge is 0.481 e. The van der Waals surface area contributed by atoms with Gasteiger partial charge < -0.3 is 19.9 Å². The number of nitrogens with one attached hydrogen (secondary N) is 2. The second-order valence-corrected chi connectivity index (χ2v) is 8.94. The van der Waals surface area contributed by atoms with E-state index in [0.29, 0.717) is 48.6 Å². The first-order chi connectivity index (χ1) is 18.3. The smallest absolute Gasteiger partial charge is 0.418 e. The molecule has 4 heterocycles. The molecule has 0 saturated carbocycles. The minimum Gasteiger partial charge on any atom is -0.481 e. The van der Waals surface area contributed by atoms with Crippen LogP contribution in [0.5, 0.6) is 5.88 Å². The van der Waals surface area contributed by atoms with Crippen LogP contribution in [0, 0.1) is 0 Å². The first kappa shape index (κ1) is 23.9. The molecular weight excluding hydrogens is 499 g/mol. The number of methoxy groups -OCH3 is 1. The number of anilines is 1. The van der Waals surface area contributed by atoms with Gasteiger partial charge in [-0.05, 0) is 42.0 Å². The highest BCUT2D eigenvalue weighted by atomic mass is 19.4. The Bertz CT molecular complexity index is 1710. The average molecular weight is 522 g/mol. The van der Waals surface area contributed by atoms with Crippen molar-refractivity contribution in [3.8, 4) is 22.7 Å². The van der Waals surface area contributed by atoms with Gasteiger partial charge in [0.25, 0.3) is 5.56 Å². The van der Waals surface area contributed by atoms with Crippen molar-refractivity contribution in [2.45, 2.75) is 6.18 Å². The number of ether oxygens (including phenoxy) is 1. The van der Waals surface area contributed by atoms with E-state index >= 15 is 0 Å². The number of nitrogens with zero attached hydrogens (tertiary/aromatic N) is 5. The van der Waals surface area contributed by atoms with Crippen molar-refractivity contribution >= 4 is 27.6 Å². The molecule has 38 heavy (non-hydrogen) atoms. The lowest BCUT2D eigenvalue weighted by molar-refractivity contribution is -0.137. The fourth-order valence-electron chi connectivity index (χ4n) is 4.78. The number of alkyl halides is 3. The molecule has 0 spiro atoms. The van der Waals surface area contributed by atoms with E-state index in [-0.39, 0.29) is 16.7 Å². The fraction of sp³-hybridized carbons (Fsp3) is 0.231. The van der Waals surface area contributed by atoms with Crippen LogP contribution in [-0.4, -0.2) is 58.3 Å². The van der Waals surface area contributed by atoms with E-state index in [1.165, 1.54) is 13.2 Å². The summed E-state index contributed by atoms with van der Waals surface area (Å²) in [5.74, 6) is 0.451. The van der Waals surface area contributed by atoms with Gasteiger partial charge in [0.15, 0.2) is 5.52 Å². The Hall–Kier alpha value is -4.45. The van der Waals surface area contributed by atoms with Crippen LogP contribution in [0.25, 0.3) is 38.8 Å². The number of aromatic amines is 1. The molecule has 6 rings (SSSR count). The quantitative estimate of drug-likeness (QED) is 0.372. The summed E-state index contributed by atoms with van der Waals surface area (Å²) in [6, 6.07) is 13.0. The minimum absolute atomic E-state index is 0.0539. The topological polar surface area (TPSA) is 101 Å². The average Bonchev–Trinajstić information content (AvgIpc) is 3.39. The van der Waals surface area contributed by atoms with Crippen molar-refractivity contribution in [2.75, 3.05) is 38.2 Å². The maximum absolute atomic E-state index is 14.4. The van der Waals surface area contributed by atoms with Crippen LogP contribution in [0.15, 0.2) is 59.5 Å². The molecule has 12 heteroatoms. The summed E-state index contributed by atoms with van der Waals surface area (Å²) >= 11 is 0. The lowest BCUT2D eigenvalue weighted by Gasteiger charge is -2.30. The van der Waals surface area contributed by atoms with Crippen LogP contribution < -0.4 is 20.5 Å². The monoisotopic (exact) mass is 521 g/mol. The Morgan fingerprint density at radius 2 is 1.79 bits per heavy atom. The summed E-state index contributed by atoms with van der Waals surface area (Å²) in [6.45, 7) is 2.59. The van der Waals surface area contributed by atoms with E-state index in [1.54, 1.807) is 36.5 Å². The van der Waals surface area contributed by atoms with Crippen molar-refractivity contribution in [1.82, 2.24) is 30.3 Å². The van der Waals surface area contributed by atoms with Gasteiger partial charge in [-0.2, -0.15) is 13.2 Å². The zero-order valence-corrected chi connectivity index (χ0v) is 20.2. The number of fused-ring (bicyclic) bond motifs is 3. The molecule has 0 radical (unpaired) electrons. The number of halogens is 3. The molecule has 0 unspecified atom stereocenters. The highest BCUT2D eigenvalue weighted by Gasteiger charge is 2.36. The predicted octanol–water partition coefficient (Wildman–Crippen LogP) is 3.76. The van der Waals surface area contributed by atoms with E-state index in [1.807, 2.05) is 11.0 Å². The summed E-state index contributed by atoms with van der Waals surface area (Å²) in [6.07, 6.45) is -3.02. The molecule has 9 nitrogen and oxygen atoms in total. The Kier molecular flexibility index (Phi) is 5.75. The molecule has 2 aromatic carbocycles. The van der Waals surface area contributed by atoms with Gasteiger partial charge in [-0.25, -0.2) is 9.67 Å². The Labute approximate surface area is 213 Å². The predicted molar refractivity (Wildman–Crippen MR) is 137 cm³/mol.